The lowest BCUT2D eigenvalue weighted by Crippen LogP contribution is -2.50. The van der Waals surface area contributed by atoms with Crippen LogP contribution in [-0.2, 0) is 14.8 Å². The third-order valence-corrected chi connectivity index (χ3v) is 5.60. The Balaban J connectivity index is 2.39. The average molecular weight is 284 g/mol. The molecule has 0 radical (unpaired) electrons. The summed E-state index contributed by atoms with van der Waals surface area (Å²) in [7, 11) is -3.65. The first-order valence-corrected chi connectivity index (χ1v) is 7.75. The van der Waals surface area contributed by atoms with Crippen LogP contribution in [0.2, 0.25) is 0 Å². The van der Waals surface area contributed by atoms with E-state index in [4.69, 9.17) is 10.5 Å². The molecule has 1 aromatic rings. The SMILES string of the molecule is Cc1cccc(N)c1S(=O)(=O)NC1(C)CCOC1C. The highest BCUT2D eigenvalue weighted by atomic mass is 32.2. The van der Waals surface area contributed by atoms with Gasteiger partial charge in [-0.3, -0.25) is 0 Å². The largest absolute Gasteiger partial charge is 0.398 e. The first-order valence-electron chi connectivity index (χ1n) is 6.27. The highest BCUT2D eigenvalue weighted by Gasteiger charge is 2.41. The molecule has 2 rings (SSSR count). The Hall–Kier alpha value is -1.11. The molecule has 106 valence electrons. The standard InChI is InChI=1S/C13H20N2O3S/c1-9-5-4-6-11(14)12(9)19(16,17)15-13(3)7-8-18-10(13)2/h4-6,10,15H,7-8,14H2,1-3H3. The summed E-state index contributed by atoms with van der Waals surface area (Å²) in [4.78, 5) is 0.162. The minimum Gasteiger partial charge on any atom is -0.398 e. The molecule has 0 spiro atoms. The van der Waals surface area contributed by atoms with Crippen molar-refractivity contribution >= 4 is 15.7 Å². The number of sulfonamides is 1. The Labute approximate surface area is 114 Å². The molecule has 19 heavy (non-hydrogen) atoms. The van der Waals surface area contributed by atoms with Gasteiger partial charge in [0.1, 0.15) is 4.90 Å². The zero-order chi connectivity index (χ0) is 14.3. The average Bonchev–Trinajstić information content (AvgIpc) is 2.57. The van der Waals surface area contributed by atoms with E-state index in [-0.39, 0.29) is 16.7 Å². The first-order chi connectivity index (χ1) is 8.76. The second-order valence-electron chi connectivity index (χ2n) is 5.28. The van der Waals surface area contributed by atoms with Gasteiger partial charge in [-0.25, -0.2) is 13.1 Å². The Kier molecular flexibility index (Phi) is 3.59. The Morgan fingerprint density at radius 3 is 2.68 bits per heavy atom. The Morgan fingerprint density at radius 2 is 2.16 bits per heavy atom. The molecule has 6 heteroatoms. The van der Waals surface area contributed by atoms with E-state index < -0.39 is 15.6 Å². The molecule has 1 saturated heterocycles. The van der Waals surface area contributed by atoms with Gasteiger partial charge in [0, 0.05) is 6.61 Å². The number of nitrogens with two attached hydrogens (primary N) is 1. The maximum absolute atomic E-state index is 12.5. The summed E-state index contributed by atoms with van der Waals surface area (Å²) < 4.78 is 33.3. The fraction of sp³-hybridized carbons (Fsp3) is 0.538. The van der Waals surface area contributed by atoms with Gasteiger partial charge >= 0.3 is 0 Å². The van der Waals surface area contributed by atoms with Crippen molar-refractivity contribution in [1.29, 1.82) is 0 Å². The zero-order valence-corrected chi connectivity index (χ0v) is 12.3. The van der Waals surface area contributed by atoms with Gasteiger partial charge in [0.25, 0.3) is 0 Å². The molecule has 0 aromatic heterocycles. The normalized spacial score (nSPS) is 27.6. The van der Waals surface area contributed by atoms with Crippen molar-refractivity contribution in [1.82, 2.24) is 4.72 Å². The van der Waals surface area contributed by atoms with E-state index in [2.05, 4.69) is 4.72 Å². The van der Waals surface area contributed by atoms with Crippen molar-refractivity contribution in [2.24, 2.45) is 0 Å². The predicted octanol–water partition coefficient (Wildman–Crippen LogP) is 1.42. The number of nitrogen functional groups attached to an aromatic ring is 1. The van der Waals surface area contributed by atoms with Gasteiger partial charge in [0.2, 0.25) is 10.0 Å². The van der Waals surface area contributed by atoms with Gasteiger partial charge in [-0.15, -0.1) is 0 Å². The third kappa shape index (κ3) is 2.61. The molecule has 2 atom stereocenters. The summed E-state index contributed by atoms with van der Waals surface area (Å²) in [6.45, 7) is 6.03. The highest BCUT2D eigenvalue weighted by molar-refractivity contribution is 7.89. The van der Waals surface area contributed by atoms with Crippen LogP contribution in [0, 0.1) is 6.92 Å². The molecule has 1 fully saturated rings. The molecule has 1 heterocycles. The number of rotatable bonds is 3. The van der Waals surface area contributed by atoms with E-state index >= 15 is 0 Å². The van der Waals surface area contributed by atoms with Crippen LogP contribution in [0.3, 0.4) is 0 Å². The van der Waals surface area contributed by atoms with Gasteiger partial charge in [0.05, 0.1) is 17.3 Å². The van der Waals surface area contributed by atoms with Crippen LogP contribution in [0.15, 0.2) is 23.1 Å². The fourth-order valence-corrected chi connectivity index (χ4v) is 4.22. The van der Waals surface area contributed by atoms with Gasteiger partial charge < -0.3 is 10.5 Å². The van der Waals surface area contributed by atoms with Gasteiger partial charge in [0.15, 0.2) is 0 Å². The fourth-order valence-electron chi connectivity index (χ4n) is 2.37. The van der Waals surface area contributed by atoms with Crippen LogP contribution >= 0.6 is 0 Å². The second kappa shape index (κ2) is 4.77. The molecule has 1 aliphatic heterocycles. The van der Waals surface area contributed by atoms with Crippen LogP contribution in [0.4, 0.5) is 5.69 Å². The maximum Gasteiger partial charge on any atom is 0.243 e. The number of nitrogens with one attached hydrogen (secondary N) is 1. The summed E-state index contributed by atoms with van der Waals surface area (Å²) >= 11 is 0. The summed E-state index contributed by atoms with van der Waals surface area (Å²) in [5.41, 5.74) is 6.13. The molecule has 0 aliphatic carbocycles. The number of hydrogen-bond donors (Lipinski definition) is 2. The molecule has 0 saturated carbocycles. The smallest absolute Gasteiger partial charge is 0.243 e. The second-order valence-corrected chi connectivity index (χ2v) is 6.90. The molecular formula is C13H20N2O3S. The summed E-state index contributed by atoms with van der Waals surface area (Å²) in [5, 5.41) is 0. The lowest BCUT2D eigenvalue weighted by Gasteiger charge is -2.29. The minimum absolute atomic E-state index is 0.160. The van der Waals surface area contributed by atoms with Crippen molar-refractivity contribution in [3.05, 3.63) is 23.8 Å². The molecule has 2 unspecified atom stereocenters. The quantitative estimate of drug-likeness (QED) is 0.823. The predicted molar refractivity (Wildman–Crippen MR) is 74.3 cm³/mol. The molecule has 0 amide bonds. The molecule has 3 N–H and O–H groups in total. The zero-order valence-electron chi connectivity index (χ0n) is 11.4. The van der Waals surface area contributed by atoms with Crippen LogP contribution in [0.25, 0.3) is 0 Å². The Morgan fingerprint density at radius 1 is 1.47 bits per heavy atom. The van der Waals surface area contributed by atoms with E-state index in [0.29, 0.717) is 18.6 Å². The van der Waals surface area contributed by atoms with Crippen LogP contribution in [0.5, 0.6) is 0 Å². The van der Waals surface area contributed by atoms with Crippen molar-refractivity contribution < 1.29 is 13.2 Å². The summed E-state index contributed by atoms with van der Waals surface area (Å²) in [5.74, 6) is 0. The monoisotopic (exact) mass is 284 g/mol. The lowest BCUT2D eigenvalue weighted by atomic mass is 9.97. The van der Waals surface area contributed by atoms with E-state index in [9.17, 15) is 8.42 Å². The third-order valence-electron chi connectivity index (χ3n) is 3.77. The highest BCUT2D eigenvalue weighted by Crippen LogP contribution is 2.29. The number of benzene rings is 1. The number of aryl methyl sites for hydroxylation is 1. The maximum atomic E-state index is 12.5. The van der Waals surface area contributed by atoms with Gasteiger partial charge in [-0.1, -0.05) is 12.1 Å². The summed E-state index contributed by atoms with van der Waals surface area (Å²) in [6, 6.07) is 5.08. The molecular weight excluding hydrogens is 264 g/mol. The van der Waals surface area contributed by atoms with Crippen LogP contribution in [0.1, 0.15) is 25.8 Å². The summed E-state index contributed by atoms with van der Waals surface area (Å²) in [6.07, 6.45) is 0.492. The Bertz CT molecular complexity index is 565. The lowest BCUT2D eigenvalue weighted by molar-refractivity contribution is 0.0957. The van der Waals surface area contributed by atoms with E-state index in [1.807, 2.05) is 13.8 Å². The van der Waals surface area contributed by atoms with Gasteiger partial charge in [-0.2, -0.15) is 0 Å². The number of hydrogen-bond acceptors (Lipinski definition) is 4. The molecule has 1 aliphatic rings. The number of anilines is 1. The van der Waals surface area contributed by atoms with E-state index in [0.717, 1.165) is 0 Å². The molecule has 0 bridgehead atoms. The minimum atomic E-state index is -3.65. The van der Waals surface area contributed by atoms with E-state index in [1.54, 1.807) is 25.1 Å². The van der Waals surface area contributed by atoms with Crippen LogP contribution < -0.4 is 10.5 Å². The van der Waals surface area contributed by atoms with Crippen molar-refractivity contribution in [3.8, 4) is 0 Å². The topological polar surface area (TPSA) is 81.4 Å². The van der Waals surface area contributed by atoms with Crippen molar-refractivity contribution in [2.45, 2.75) is 43.7 Å². The van der Waals surface area contributed by atoms with Crippen molar-refractivity contribution in [2.75, 3.05) is 12.3 Å². The first kappa shape index (κ1) is 14.3. The van der Waals surface area contributed by atoms with Crippen molar-refractivity contribution in [3.63, 3.8) is 0 Å². The van der Waals surface area contributed by atoms with Gasteiger partial charge in [-0.05, 0) is 38.8 Å². The van der Waals surface area contributed by atoms with E-state index in [1.165, 1.54) is 0 Å². The molecule has 5 nitrogen and oxygen atoms in total. The molecule has 1 aromatic carbocycles. The van der Waals surface area contributed by atoms with Crippen LogP contribution in [-0.4, -0.2) is 26.7 Å². The number of ether oxygens (including phenoxy) is 1.